The van der Waals surface area contributed by atoms with E-state index >= 15 is 4.39 Å². The number of anilines is 1. The van der Waals surface area contributed by atoms with Crippen LogP contribution in [-0.2, 0) is 22.6 Å². The number of cyclic esters (lactones) is 1. The normalized spacial score (nSPS) is 17.5. The van der Waals surface area contributed by atoms with Gasteiger partial charge in [0, 0.05) is 44.2 Å². The first-order valence-corrected chi connectivity index (χ1v) is 10.3. The second-order valence-electron chi connectivity index (χ2n) is 8.01. The van der Waals surface area contributed by atoms with Crippen LogP contribution < -0.4 is 5.32 Å². The van der Waals surface area contributed by atoms with Crippen molar-refractivity contribution in [1.82, 2.24) is 9.88 Å². The fourth-order valence-corrected chi connectivity index (χ4v) is 4.07. The zero-order valence-corrected chi connectivity index (χ0v) is 17.3. The van der Waals surface area contributed by atoms with E-state index in [1.807, 2.05) is 25.1 Å². The van der Waals surface area contributed by atoms with Gasteiger partial charge in [0.05, 0.1) is 11.1 Å². The van der Waals surface area contributed by atoms with Crippen LogP contribution in [0.2, 0.25) is 0 Å². The molecule has 7 nitrogen and oxygen atoms in total. The molecule has 8 heteroatoms. The van der Waals surface area contributed by atoms with Crippen molar-refractivity contribution in [3.63, 3.8) is 0 Å². The third-order valence-corrected chi connectivity index (χ3v) is 6.17. The molecular formula is C23H23FN4O3. The van der Waals surface area contributed by atoms with Gasteiger partial charge in [0.25, 0.3) is 5.91 Å². The van der Waals surface area contributed by atoms with Gasteiger partial charge < -0.3 is 15.0 Å². The second kappa shape index (κ2) is 8.44. The Morgan fingerprint density at radius 2 is 2.10 bits per heavy atom. The molecular weight excluding hydrogens is 399 g/mol. The Morgan fingerprint density at radius 3 is 2.77 bits per heavy atom. The second-order valence-corrected chi connectivity index (χ2v) is 8.01. The van der Waals surface area contributed by atoms with Gasteiger partial charge >= 0.3 is 5.97 Å². The van der Waals surface area contributed by atoms with E-state index in [2.05, 4.69) is 15.2 Å². The zero-order chi connectivity index (χ0) is 22.0. The lowest BCUT2D eigenvalue weighted by atomic mass is 9.91. The van der Waals surface area contributed by atoms with E-state index in [0.29, 0.717) is 30.8 Å². The Morgan fingerprint density at radius 1 is 1.32 bits per heavy atom. The van der Waals surface area contributed by atoms with Crippen molar-refractivity contribution in [3.8, 4) is 6.07 Å². The van der Waals surface area contributed by atoms with Gasteiger partial charge in [-0.2, -0.15) is 5.26 Å². The number of benzene rings is 1. The molecule has 0 saturated carbocycles. The predicted molar refractivity (Wildman–Crippen MR) is 111 cm³/mol. The number of nitriles is 1. The number of fused-ring (bicyclic) bond motifs is 1. The number of pyridine rings is 1. The Hall–Kier alpha value is -3.31. The monoisotopic (exact) mass is 422 g/mol. The Labute approximate surface area is 179 Å². The van der Waals surface area contributed by atoms with E-state index in [0.717, 1.165) is 29.7 Å². The molecule has 4 rings (SSSR count). The number of carbonyl (C=O) groups excluding carboxylic acids is 2. The summed E-state index contributed by atoms with van der Waals surface area (Å²) in [5, 5.41) is 11.3. The first kappa shape index (κ1) is 20.9. The van der Waals surface area contributed by atoms with Gasteiger partial charge in [0.1, 0.15) is 18.5 Å². The molecule has 160 valence electrons. The fraction of sp³-hybridized carbons (Fsp3) is 0.391. The Kier molecular flexibility index (Phi) is 5.70. The first-order valence-electron chi connectivity index (χ1n) is 10.3. The first-order chi connectivity index (χ1) is 14.9. The number of piperidine rings is 1. The summed E-state index contributed by atoms with van der Waals surface area (Å²) in [4.78, 5) is 30.3. The maximum Gasteiger partial charge on any atom is 0.338 e. The number of hydrogen-bond donors (Lipinski definition) is 1. The minimum atomic E-state index is -1.94. The topological polar surface area (TPSA) is 95.3 Å². The maximum absolute atomic E-state index is 15.2. The largest absolute Gasteiger partial charge is 0.457 e. The fourth-order valence-electron chi connectivity index (χ4n) is 4.07. The summed E-state index contributed by atoms with van der Waals surface area (Å²) >= 11 is 0. The van der Waals surface area contributed by atoms with E-state index < -0.39 is 11.6 Å². The molecule has 1 saturated heterocycles. The summed E-state index contributed by atoms with van der Waals surface area (Å²) in [5.41, 5.74) is 2.27. The maximum atomic E-state index is 15.2. The van der Waals surface area contributed by atoms with E-state index in [1.165, 1.54) is 18.3 Å². The molecule has 1 fully saturated rings. The number of ether oxygens (including phenoxy) is 1. The molecule has 0 unspecified atom stereocenters. The third-order valence-electron chi connectivity index (χ3n) is 6.17. The molecule has 0 radical (unpaired) electrons. The van der Waals surface area contributed by atoms with Crippen LogP contribution in [0.5, 0.6) is 0 Å². The molecule has 0 spiro atoms. The summed E-state index contributed by atoms with van der Waals surface area (Å²) in [7, 11) is 0. The van der Waals surface area contributed by atoms with Gasteiger partial charge in [-0.15, -0.1) is 0 Å². The molecule has 1 aromatic heterocycles. The molecule has 1 amide bonds. The van der Waals surface area contributed by atoms with Crippen LogP contribution >= 0.6 is 0 Å². The smallest absolute Gasteiger partial charge is 0.338 e. The van der Waals surface area contributed by atoms with Crippen molar-refractivity contribution in [1.29, 1.82) is 5.26 Å². The lowest BCUT2D eigenvalue weighted by Crippen LogP contribution is -2.49. The van der Waals surface area contributed by atoms with Gasteiger partial charge in [-0.3, -0.25) is 4.79 Å². The van der Waals surface area contributed by atoms with Crippen molar-refractivity contribution in [2.45, 2.75) is 38.5 Å². The van der Waals surface area contributed by atoms with Gasteiger partial charge in [-0.05, 0) is 42.7 Å². The number of likely N-dealkylation sites (tertiary alicyclic amines) is 1. The molecule has 31 heavy (non-hydrogen) atoms. The van der Waals surface area contributed by atoms with Crippen molar-refractivity contribution in [2.24, 2.45) is 0 Å². The highest BCUT2D eigenvalue weighted by Crippen LogP contribution is 2.29. The third kappa shape index (κ3) is 4.28. The number of hydrogen-bond acceptors (Lipinski definition) is 6. The molecule has 1 N–H and O–H groups in total. The quantitative estimate of drug-likeness (QED) is 0.745. The van der Waals surface area contributed by atoms with Crippen LogP contribution in [0.15, 0.2) is 30.5 Å². The van der Waals surface area contributed by atoms with Crippen LogP contribution in [0.3, 0.4) is 0 Å². The average molecular weight is 422 g/mol. The number of esters is 1. The molecule has 3 heterocycles. The number of carbonyl (C=O) groups is 2. The van der Waals surface area contributed by atoms with Gasteiger partial charge in [-0.25, -0.2) is 14.2 Å². The van der Waals surface area contributed by atoms with Crippen LogP contribution in [0, 0.1) is 18.3 Å². The standard InChI is InChI=1S/C23H23FN4O3/c1-15-17(3-4-18-19(15)14-31-21(18)29)6-9-28-10-7-23(24,8-11-28)22(30)27-20-5-2-16(12-25)13-26-20/h2-5,13H,6-11,14H2,1H3,(H,26,27,30). The number of amides is 1. The predicted octanol–water partition coefficient (Wildman–Crippen LogP) is 2.92. The molecule has 2 aliphatic rings. The van der Waals surface area contributed by atoms with Crippen molar-refractivity contribution in [3.05, 3.63) is 58.3 Å². The highest BCUT2D eigenvalue weighted by molar-refractivity contribution is 5.96. The number of aromatic nitrogens is 1. The Balaban J connectivity index is 1.30. The number of rotatable bonds is 5. The highest BCUT2D eigenvalue weighted by atomic mass is 19.1. The molecule has 0 aliphatic carbocycles. The van der Waals surface area contributed by atoms with Gasteiger partial charge in [-0.1, -0.05) is 6.07 Å². The SMILES string of the molecule is Cc1c(CCN2CCC(F)(C(=O)Nc3ccc(C#N)cn3)CC2)ccc2c1COC2=O. The minimum Gasteiger partial charge on any atom is -0.457 e. The molecule has 0 atom stereocenters. The highest BCUT2D eigenvalue weighted by Gasteiger charge is 2.41. The summed E-state index contributed by atoms with van der Waals surface area (Å²) in [6, 6.07) is 8.75. The van der Waals surface area contributed by atoms with E-state index in [1.54, 1.807) is 0 Å². The number of nitrogens with zero attached hydrogens (tertiary/aromatic N) is 3. The van der Waals surface area contributed by atoms with Gasteiger partial charge in [0.15, 0.2) is 5.67 Å². The molecule has 0 bridgehead atoms. The zero-order valence-electron chi connectivity index (χ0n) is 17.3. The van der Waals surface area contributed by atoms with E-state index in [-0.39, 0.29) is 24.6 Å². The number of halogens is 1. The number of nitrogens with one attached hydrogen (secondary N) is 1. The van der Waals surface area contributed by atoms with Gasteiger partial charge in [0.2, 0.25) is 0 Å². The van der Waals surface area contributed by atoms with E-state index in [4.69, 9.17) is 10.00 Å². The van der Waals surface area contributed by atoms with E-state index in [9.17, 15) is 9.59 Å². The molecule has 2 aromatic rings. The summed E-state index contributed by atoms with van der Waals surface area (Å²) in [6.45, 7) is 4.04. The minimum absolute atomic E-state index is 0.112. The van der Waals surface area contributed by atoms with Crippen molar-refractivity contribution >= 4 is 17.7 Å². The Bertz CT molecular complexity index is 1050. The molecule has 2 aliphatic heterocycles. The van der Waals surface area contributed by atoms with Crippen LogP contribution in [0.1, 0.15) is 45.5 Å². The number of alkyl halides is 1. The average Bonchev–Trinajstić information content (AvgIpc) is 3.16. The lowest BCUT2D eigenvalue weighted by molar-refractivity contribution is -0.130. The summed E-state index contributed by atoms with van der Waals surface area (Å²) in [6.07, 6.45) is 2.35. The summed E-state index contributed by atoms with van der Waals surface area (Å²) < 4.78 is 20.3. The summed E-state index contributed by atoms with van der Waals surface area (Å²) in [5.74, 6) is -0.726. The van der Waals surface area contributed by atoms with Crippen molar-refractivity contribution in [2.75, 3.05) is 25.0 Å². The lowest BCUT2D eigenvalue weighted by Gasteiger charge is -2.35. The van der Waals surface area contributed by atoms with Crippen molar-refractivity contribution < 1.29 is 18.7 Å². The molecule has 1 aromatic carbocycles. The van der Waals surface area contributed by atoms with Crippen LogP contribution in [0.25, 0.3) is 0 Å². The van der Waals surface area contributed by atoms with Crippen LogP contribution in [0.4, 0.5) is 10.2 Å². The van der Waals surface area contributed by atoms with Crippen LogP contribution in [-0.4, -0.2) is 47.1 Å².